The number of carbonyl (C=O) groups excluding carboxylic acids is 1. The van der Waals surface area contributed by atoms with Crippen LogP contribution in [0.2, 0.25) is 0 Å². The van der Waals surface area contributed by atoms with Gasteiger partial charge in [0.25, 0.3) is 5.69 Å². The van der Waals surface area contributed by atoms with E-state index in [0.29, 0.717) is 6.07 Å². The summed E-state index contributed by atoms with van der Waals surface area (Å²) in [5.74, 6) is -0.304. The number of nitro benzene ring substituents is 1. The molecule has 1 aromatic carbocycles. The fourth-order valence-electron chi connectivity index (χ4n) is 2.34. The average molecular weight is 364 g/mol. The molecule has 0 N–H and O–H groups in total. The number of nitro groups is 1. The van der Waals surface area contributed by atoms with Gasteiger partial charge in [-0.15, -0.1) is 11.8 Å². The van der Waals surface area contributed by atoms with Crippen LogP contribution in [0.1, 0.15) is 33.3 Å². The van der Waals surface area contributed by atoms with E-state index in [1.807, 2.05) is 27.7 Å². The topological polar surface area (TPSA) is 63.5 Å². The fourth-order valence-corrected chi connectivity index (χ4v) is 3.22. The summed E-state index contributed by atoms with van der Waals surface area (Å²) < 4.78 is 38.0. The van der Waals surface area contributed by atoms with Crippen LogP contribution in [0.3, 0.4) is 0 Å². The van der Waals surface area contributed by atoms with Gasteiger partial charge in [0.1, 0.15) is 0 Å². The first-order valence-electron chi connectivity index (χ1n) is 7.24. The van der Waals surface area contributed by atoms with Crippen LogP contribution in [-0.4, -0.2) is 33.6 Å². The van der Waals surface area contributed by atoms with E-state index in [9.17, 15) is 28.1 Å². The van der Waals surface area contributed by atoms with Gasteiger partial charge >= 0.3 is 6.18 Å². The minimum absolute atomic E-state index is 0.0359. The van der Waals surface area contributed by atoms with Gasteiger partial charge in [-0.1, -0.05) is 0 Å². The number of hydrogen-bond acceptors (Lipinski definition) is 4. The monoisotopic (exact) mass is 364 g/mol. The molecule has 0 radical (unpaired) electrons. The van der Waals surface area contributed by atoms with E-state index in [4.69, 9.17) is 0 Å². The number of halogens is 3. The molecule has 24 heavy (non-hydrogen) atoms. The van der Waals surface area contributed by atoms with Crippen molar-refractivity contribution in [3.05, 3.63) is 33.9 Å². The molecule has 0 atom stereocenters. The second-order valence-electron chi connectivity index (χ2n) is 5.71. The minimum Gasteiger partial charge on any atom is -0.337 e. The zero-order valence-corrected chi connectivity index (χ0v) is 14.6. The summed E-state index contributed by atoms with van der Waals surface area (Å²) in [4.78, 5) is 24.1. The van der Waals surface area contributed by atoms with E-state index in [1.165, 1.54) is 0 Å². The molecule has 0 aliphatic rings. The molecular weight excluding hydrogens is 345 g/mol. The Labute approximate surface area is 142 Å². The number of carbonyl (C=O) groups is 1. The Hall–Kier alpha value is -1.77. The fraction of sp³-hybridized carbons (Fsp3) is 0.533. The third kappa shape index (κ3) is 5.12. The molecule has 0 aromatic heterocycles. The summed E-state index contributed by atoms with van der Waals surface area (Å²) in [6, 6.07) is 2.23. The summed E-state index contributed by atoms with van der Waals surface area (Å²) >= 11 is 0.866. The summed E-state index contributed by atoms with van der Waals surface area (Å²) in [7, 11) is 0. The van der Waals surface area contributed by atoms with Crippen LogP contribution in [0.15, 0.2) is 23.1 Å². The number of benzene rings is 1. The standard InChI is InChI=1S/C15H19F3N2O3S/c1-9(2)19(10(3)4)14(21)8-24-13-6-5-11(15(16,17)18)7-12(13)20(22)23/h5-7,9-10H,8H2,1-4H3. The van der Waals surface area contributed by atoms with Crippen molar-refractivity contribution in [2.24, 2.45) is 0 Å². The van der Waals surface area contributed by atoms with Gasteiger partial charge in [0.05, 0.1) is 21.1 Å². The molecule has 0 heterocycles. The largest absolute Gasteiger partial charge is 0.416 e. The van der Waals surface area contributed by atoms with Crippen LogP contribution < -0.4 is 0 Å². The second-order valence-corrected chi connectivity index (χ2v) is 6.73. The molecule has 0 unspecified atom stereocenters. The van der Waals surface area contributed by atoms with Gasteiger partial charge in [-0.25, -0.2) is 0 Å². The Balaban J connectivity index is 2.99. The normalized spacial score (nSPS) is 11.9. The highest BCUT2D eigenvalue weighted by Crippen LogP contribution is 2.36. The van der Waals surface area contributed by atoms with E-state index >= 15 is 0 Å². The number of amides is 1. The Morgan fingerprint density at radius 1 is 1.25 bits per heavy atom. The zero-order chi connectivity index (χ0) is 18.7. The van der Waals surface area contributed by atoms with E-state index in [2.05, 4.69) is 0 Å². The molecule has 0 aliphatic heterocycles. The van der Waals surface area contributed by atoms with Gasteiger partial charge in [-0.05, 0) is 39.8 Å². The quantitative estimate of drug-likeness (QED) is 0.428. The van der Waals surface area contributed by atoms with Crippen molar-refractivity contribution in [1.82, 2.24) is 4.90 Å². The molecule has 0 bridgehead atoms. The second kappa shape index (κ2) is 7.87. The van der Waals surface area contributed by atoms with Crippen LogP contribution >= 0.6 is 11.8 Å². The zero-order valence-electron chi connectivity index (χ0n) is 13.8. The highest BCUT2D eigenvalue weighted by molar-refractivity contribution is 8.00. The van der Waals surface area contributed by atoms with Gasteiger partial charge in [0.2, 0.25) is 5.91 Å². The number of thioether (sulfide) groups is 1. The van der Waals surface area contributed by atoms with Gasteiger partial charge < -0.3 is 4.90 Å². The number of alkyl halides is 3. The number of hydrogen-bond donors (Lipinski definition) is 0. The van der Waals surface area contributed by atoms with Gasteiger partial charge in [-0.3, -0.25) is 14.9 Å². The lowest BCUT2D eigenvalue weighted by atomic mass is 10.2. The lowest BCUT2D eigenvalue weighted by molar-refractivity contribution is -0.388. The molecule has 0 saturated carbocycles. The van der Waals surface area contributed by atoms with Crippen molar-refractivity contribution in [3.8, 4) is 0 Å². The van der Waals surface area contributed by atoms with E-state index < -0.39 is 22.4 Å². The highest BCUT2D eigenvalue weighted by Gasteiger charge is 2.33. The maximum atomic E-state index is 12.7. The molecule has 134 valence electrons. The van der Waals surface area contributed by atoms with Gasteiger partial charge in [-0.2, -0.15) is 13.2 Å². The maximum absolute atomic E-state index is 12.7. The van der Waals surface area contributed by atoms with Gasteiger partial charge in [0, 0.05) is 18.2 Å². The lowest BCUT2D eigenvalue weighted by Crippen LogP contribution is -2.43. The summed E-state index contributed by atoms with van der Waals surface area (Å²) in [5.41, 5.74) is -1.74. The van der Waals surface area contributed by atoms with Crippen LogP contribution in [0, 0.1) is 10.1 Å². The van der Waals surface area contributed by atoms with Crippen LogP contribution in [0.4, 0.5) is 18.9 Å². The number of rotatable bonds is 6. The molecule has 0 fully saturated rings. The minimum atomic E-state index is -4.66. The van der Waals surface area contributed by atoms with Gasteiger partial charge in [0.15, 0.2) is 0 Å². The first-order valence-corrected chi connectivity index (χ1v) is 8.23. The smallest absolute Gasteiger partial charge is 0.337 e. The molecule has 1 aromatic rings. The third-order valence-corrected chi connectivity index (χ3v) is 4.28. The van der Waals surface area contributed by atoms with Crippen molar-refractivity contribution in [1.29, 1.82) is 0 Å². The van der Waals surface area contributed by atoms with Crippen molar-refractivity contribution in [2.75, 3.05) is 5.75 Å². The SMILES string of the molecule is CC(C)N(C(=O)CSc1ccc(C(F)(F)F)cc1[N+](=O)[O-])C(C)C. The molecule has 5 nitrogen and oxygen atoms in total. The summed E-state index contributed by atoms with van der Waals surface area (Å²) in [6.07, 6.45) is -4.66. The lowest BCUT2D eigenvalue weighted by Gasteiger charge is -2.30. The highest BCUT2D eigenvalue weighted by atomic mass is 32.2. The molecule has 0 aliphatic carbocycles. The Kier molecular flexibility index (Phi) is 6.65. The van der Waals surface area contributed by atoms with Crippen molar-refractivity contribution in [2.45, 2.75) is 50.9 Å². The Morgan fingerprint density at radius 3 is 2.21 bits per heavy atom. The molecule has 9 heteroatoms. The van der Waals surface area contributed by atoms with Crippen LogP contribution in [0.5, 0.6) is 0 Å². The molecule has 0 spiro atoms. The van der Waals surface area contributed by atoms with Crippen LogP contribution in [0.25, 0.3) is 0 Å². The molecule has 1 rings (SSSR count). The third-order valence-electron chi connectivity index (χ3n) is 3.23. The van der Waals surface area contributed by atoms with Crippen molar-refractivity contribution < 1.29 is 22.9 Å². The van der Waals surface area contributed by atoms with Crippen molar-refractivity contribution in [3.63, 3.8) is 0 Å². The Bertz CT molecular complexity index is 610. The maximum Gasteiger partial charge on any atom is 0.416 e. The molecule has 0 saturated heterocycles. The van der Waals surface area contributed by atoms with Crippen molar-refractivity contribution >= 4 is 23.4 Å². The molecular formula is C15H19F3N2O3S. The van der Waals surface area contributed by atoms with Crippen LogP contribution in [-0.2, 0) is 11.0 Å². The first-order chi connectivity index (χ1) is 10.9. The summed E-state index contributed by atoms with van der Waals surface area (Å²) in [6.45, 7) is 7.40. The predicted molar refractivity (Wildman–Crippen MR) is 85.9 cm³/mol. The predicted octanol–water partition coefficient (Wildman–Crippen LogP) is 4.35. The Morgan fingerprint density at radius 2 is 1.79 bits per heavy atom. The van der Waals surface area contributed by atoms with E-state index in [1.54, 1.807) is 4.90 Å². The number of nitrogens with zero attached hydrogens (tertiary/aromatic N) is 2. The summed E-state index contributed by atoms with van der Waals surface area (Å²) in [5, 5.41) is 11.0. The van der Waals surface area contributed by atoms with E-state index in [0.717, 1.165) is 23.9 Å². The average Bonchev–Trinajstić information content (AvgIpc) is 2.42. The molecule has 1 amide bonds. The first kappa shape index (κ1) is 20.3. The van der Waals surface area contributed by atoms with E-state index in [-0.39, 0.29) is 28.6 Å².